The molecule has 3 rings (SSSR count). The van der Waals surface area contributed by atoms with Crippen molar-refractivity contribution in [3.8, 4) is 5.75 Å². The lowest BCUT2D eigenvalue weighted by atomic mass is 9.65. The molecule has 0 radical (unpaired) electrons. The maximum atomic E-state index is 6.29. The highest BCUT2D eigenvalue weighted by Gasteiger charge is 2.35. The Morgan fingerprint density at radius 3 is 2.90 bits per heavy atom. The molecule has 0 bridgehead atoms. The second kappa shape index (κ2) is 5.81. The molecular weight excluding hydrogens is 282 g/mol. The van der Waals surface area contributed by atoms with Crippen molar-refractivity contribution in [3.05, 3.63) is 28.3 Å². The van der Waals surface area contributed by atoms with Gasteiger partial charge in [0.15, 0.2) is 0 Å². The third-order valence-electron chi connectivity index (χ3n) is 5.28. The predicted octanol–water partition coefficient (Wildman–Crippen LogP) is 4.22. The van der Waals surface area contributed by atoms with E-state index in [1.54, 1.807) is 0 Å². The van der Waals surface area contributed by atoms with Gasteiger partial charge in [0.25, 0.3) is 0 Å². The first-order valence-corrected chi connectivity index (χ1v) is 8.50. The topological polar surface area (TPSA) is 35.2 Å². The average Bonchev–Trinajstić information content (AvgIpc) is 2.86. The first-order chi connectivity index (χ1) is 9.98. The minimum Gasteiger partial charge on any atom is -0.493 e. The summed E-state index contributed by atoms with van der Waals surface area (Å²) in [5.41, 5.74) is 9.01. The number of fused-ring (bicyclic) bond motifs is 1. The van der Waals surface area contributed by atoms with E-state index in [9.17, 15) is 0 Å². The molecule has 0 amide bonds. The number of benzene rings is 1. The summed E-state index contributed by atoms with van der Waals surface area (Å²) in [6.45, 7) is 6.35. The summed E-state index contributed by atoms with van der Waals surface area (Å²) in [6.07, 6.45) is 5.82. The molecule has 2 nitrogen and oxygen atoms in total. The van der Waals surface area contributed by atoms with Crippen LogP contribution in [0.25, 0.3) is 0 Å². The first-order valence-electron chi connectivity index (χ1n) is 8.13. The number of ether oxygens (including phenoxy) is 1. The van der Waals surface area contributed by atoms with E-state index in [4.69, 9.17) is 22.1 Å². The van der Waals surface area contributed by atoms with Crippen LogP contribution in [0, 0.1) is 17.3 Å². The lowest BCUT2D eigenvalue weighted by molar-refractivity contribution is 0.121. The van der Waals surface area contributed by atoms with Crippen LogP contribution in [0.2, 0.25) is 5.02 Å². The zero-order valence-corrected chi connectivity index (χ0v) is 13.9. The summed E-state index contributed by atoms with van der Waals surface area (Å²) in [5, 5.41) is 0.841. The van der Waals surface area contributed by atoms with E-state index in [0.29, 0.717) is 17.3 Å². The van der Waals surface area contributed by atoms with Crippen LogP contribution in [0.5, 0.6) is 5.75 Å². The van der Waals surface area contributed by atoms with Crippen molar-refractivity contribution >= 4 is 11.6 Å². The van der Waals surface area contributed by atoms with Crippen molar-refractivity contribution in [2.75, 3.05) is 13.2 Å². The monoisotopic (exact) mass is 307 g/mol. The fraction of sp³-hybridized carbons (Fsp3) is 0.667. The van der Waals surface area contributed by atoms with E-state index >= 15 is 0 Å². The predicted molar refractivity (Wildman–Crippen MR) is 88.0 cm³/mol. The quantitative estimate of drug-likeness (QED) is 0.907. The molecule has 1 saturated carbocycles. The average molecular weight is 308 g/mol. The summed E-state index contributed by atoms with van der Waals surface area (Å²) in [6, 6.07) is 4.15. The molecule has 1 aliphatic heterocycles. The summed E-state index contributed by atoms with van der Waals surface area (Å²) in [4.78, 5) is 0. The van der Waals surface area contributed by atoms with Crippen molar-refractivity contribution in [1.29, 1.82) is 0 Å². The Bertz CT molecular complexity index is 526. The van der Waals surface area contributed by atoms with Gasteiger partial charge < -0.3 is 10.5 Å². The molecule has 1 fully saturated rings. The standard InChI is InChI=1S/C18H26ClNO/c1-18(2)5-3-13(11-20)15(10-18)7-14-9-16(19)8-12-4-6-21-17(12)14/h8-9,13,15H,3-7,10-11,20H2,1-2H3. The third-order valence-corrected chi connectivity index (χ3v) is 5.50. The normalized spacial score (nSPS) is 27.2. The highest BCUT2D eigenvalue weighted by molar-refractivity contribution is 6.30. The lowest BCUT2D eigenvalue weighted by Gasteiger charge is -2.40. The highest BCUT2D eigenvalue weighted by atomic mass is 35.5. The van der Waals surface area contributed by atoms with Crippen LogP contribution < -0.4 is 10.5 Å². The Morgan fingerprint density at radius 1 is 1.33 bits per heavy atom. The summed E-state index contributed by atoms with van der Waals surface area (Å²) >= 11 is 6.29. The third kappa shape index (κ3) is 3.22. The lowest BCUT2D eigenvalue weighted by Crippen LogP contribution is -2.35. The Labute approximate surface area is 133 Å². The van der Waals surface area contributed by atoms with E-state index in [0.717, 1.165) is 36.8 Å². The largest absolute Gasteiger partial charge is 0.493 e. The molecule has 1 aliphatic carbocycles. The van der Waals surface area contributed by atoms with E-state index in [-0.39, 0.29) is 0 Å². The van der Waals surface area contributed by atoms with Crippen LogP contribution >= 0.6 is 11.6 Å². The Hall–Kier alpha value is -0.730. The van der Waals surface area contributed by atoms with Gasteiger partial charge in [0, 0.05) is 11.4 Å². The SMILES string of the molecule is CC1(C)CCC(CN)C(Cc2cc(Cl)cc3c2OCC3)C1. The van der Waals surface area contributed by atoms with Gasteiger partial charge in [-0.05, 0) is 72.7 Å². The van der Waals surface area contributed by atoms with E-state index < -0.39 is 0 Å². The van der Waals surface area contributed by atoms with Crippen LogP contribution in [0.4, 0.5) is 0 Å². The summed E-state index contributed by atoms with van der Waals surface area (Å²) < 4.78 is 5.86. The van der Waals surface area contributed by atoms with Crippen LogP contribution in [0.1, 0.15) is 44.2 Å². The van der Waals surface area contributed by atoms with Crippen molar-refractivity contribution in [2.24, 2.45) is 23.0 Å². The van der Waals surface area contributed by atoms with Crippen molar-refractivity contribution in [3.63, 3.8) is 0 Å². The maximum absolute atomic E-state index is 6.29. The van der Waals surface area contributed by atoms with Gasteiger partial charge in [-0.1, -0.05) is 25.4 Å². The molecule has 1 heterocycles. The Kier molecular flexibility index (Phi) is 4.20. The second-order valence-corrected chi connectivity index (χ2v) is 7.96. The van der Waals surface area contributed by atoms with E-state index in [1.165, 1.54) is 30.4 Å². The Morgan fingerprint density at radius 2 is 2.14 bits per heavy atom. The molecule has 0 aromatic heterocycles. The van der Waals surface area contributed by atoms with Gasteiger partial charge in [0.05, 0.1) is 6.61 Å². The number of hydrogen-bond acceptors (Lipinski definition) is 2. The minimum atomic E-state index is 0.430. The molecule has 1 aromatic carbocycles. The number of rotatable bonds is 3. The molecule has 3 heteroatoms. The molecule has 2 atom stereocenters. The minimum absolute atomic E-state index is 0.430. The fourth-order valence-corrected chi connectivity index (χ4v) is 4.38. The van der Waals surface area contributed by atoms with E-state index in [2.05, 4.69) is 26.0 Å². The maximum Gasteiger partial charge on any atom is 0.125 e. The molecule has 2 unspecified atom stereocenters. The van der Waals surface area contributed by atoms with Gasteiger partial charge in [-0.15, -0.1) is 0 Å². The van der Waals surface area contributed by atoms with Gasteiger partial charge in [0.1, 0.15) is 5.75 Å². The van der Waals surface area contributed by atoms with Crippen molar-refractivity contribution in [1.82, 2.24) is 0 Å². The summed E-state index contributed by atoms with van der Waals surface area (Å²) in [7, 11) is 0. The van der Waals surface area contributed by atoms with Crippen LogP contribution in [0.15, 0.2) is 12.1 Å². The second-order valence-electron chi connectivity index (χ2n) is 7.52. The van der Waals surface area contributed by atoms with Gasteiger partial charge in [-0.2, -0.15) is 0 Å². The van der Waals surface area contributed by atoms with Crippen molar-refractivity contribution < 1.29 is 4.74 Å². The molecular formula is C18H26ClNO. The molecule has 0 saturated heterocycles. The zero-order valence-electron chi connectivity index (χ0n) is 13.1. The highest BCUT2D eigenvalue weighted by Crippen LogP contribution is 2.44. The first kappa shape index (κ1) is 15.2. The molecule has 116 valence electrons. The van der Waals surface area contributed by atoms with E-state index in [1.807, 2.05) is 0 Å². The number of nitrogens with two attached hydrogens (primary N) is 1. The number of halogens is 1. The Balaban J connectivity index is 1.85. The number of hydrogen-bond donors (Lipinski definition) is 1. The van der Waals surface area contributed by atoms with Gasteiger partial charge in [0.2, 0.25) is 0 Å². The summed E-state index contributed by atoms with van der Waals surface area (Å²) in [5.74, 6) is 2.37. The molecule has 21 heavy (non-hydrogen) atoms. The smallest absolute Gasteiger partial charge is 0.125 e. The molecule has 0 spiro atoms. The van der Waals surface area contributed by atoms with Crippen LogP contribution in [-0.4, -0.2) is 13.2 Å². The molecule has 2 aliphatic rings. The van der Waals surface area contributed by atoms with Gasteiger partial charge in [-0.25, -0.2) is 0 Å². The molecule has 1 aromatic rings. The zero-order chi connectivity index (χ0) is 15.0. The molecule has 2 N–H and O–H groups in total. The van der Waals surface area contributed by atoms with Crippen LogP contribution in [0.3, 0.4) is 0 Å². The van der Waals surface area contributed by atoms with Crippen LogP contribution in [-0.2, 0) is 12.8 Å². The fourth-order valence-electron chi connectivity index (χ4n) is 4.12. The van der Waals surface area contributed by atoms with Gasteiger partial charge in [-0.3, -0.25) is 0 Å². The van der Waals surface area contributed by atoms with Crippen molar-refractivity contribution in [2.45, 2.75) is 46.0 Å². The van der Waals surface area contributed by atoms with Gasteiger partial charge >= 0.3 is 0 Å².